The molecule has 0 unspecified atom stereocenters. The molecule has 2 aromatic heterocycles. The minimum atomic E-state index is -0.103. The zero-order chi connectivity index (χ0) is 20.7. The first-order valence-electron chi connectivity index (χ1n) is 10.4. The molecule has 2 aromatic rings. The molecule has 2 aliphatic heterocycles. The van der Waals surface area contributed by atoms with E-state index in [1.165, 1.54) is 0 Å². The fraction of sp³-hybridized carbons (Fsp3) is 0.476. The Morgan fingerprint density at radius 2 is 2.03 bits per heavy atom. The van der Waals surface area contributed by atoms with Gasteiger partial charge in [0.25, 0.3) is 5.91 Å². The summed E-state index contributed by atoms with van der Waals surface area (Å²) in [5, 5.41) is 9.82. The molecule has 2 N–H and O–H groups in total. The Morgan fingerprint density at radius 3 is 2.83 bits per heavy atom. The molecular formula is C21H24N6O3. The van der Waals surface area contributed by atoms with E-state index < -0.39 is 0 Å². The van der Waals surface area contributed by atoms with Crippen LogP contribution in [-0.4, -0.2) is 75.4 Å². The zero-order valence-corrected chi connectivity index (χ0v) is 16.6. The Kier molecular flexibility index (Phi) is 4.72. The van der Waals surface area contributed by atoms with Crippen LogP contribution in [0.3, 0.4) is 0 Å². The molecule has 3 atom stereocenters. The Morgan fingerprint density at radius 1 is 1.13 bits per heavy atom. The van der Waals surface area contributed by atoms with E-state index in [9.17, 15) is 14.4 Å². The molecule has 0 bridgehead atoms. The predicted octanol–water partition coefficient (Wildman–Crippen LogP) is 0.528. The van der Waals surface area contributed by atoms with Gasteiger partial charge in [0.2, 0.25) is 11.8 Å². The molecule has 9 heteroatoms. The third-order valence-corrected chi connectivity index (χ3v) is 6.57. The number of hydrogen-bond acceptors (Lipinski definition) is 5. The number of H-pyrrole nitrogens is 1. The highest BCUT2D eigenvalue weighted by molar-refractivity contribution is 5.93. The van der Waals surface area contributed by atoms with Crippen LogP contribution >= 0.6 is 0 Å². The van der Waals surface area contributed by atoms with Crippen LogP contribution in [0.25, 0.3) is 11.4 Å². The van der Waals surface area contributed by atoms with Crippen LogP contribution in [-0.2, 0) is 9.59 Å². The Bertz CT molecular complexity index is 974. The topological polar surface area (TPSA) is 111 Å². The number of pyridine rings is 1. The van der Waals surface area contributed by atoms with Crippen molar-refractivity contribution in [1.82, 2.24) is 30.3 Å². The van der Waals surface area contributed by atoms with E-state index in [0.29, 0.717) is 49.2 Å². The summed E-state index contributed by atoms with van der Waals surface area (Å²) in [5.74, 6) is 0.403. The van der Waals surface area contributed by atoms with Crippen molar-refractivity contribution >= 4 is 17.7 Å². The molecule has 0 spiro atoms. The summed E-state index contributed by atoms with van der Waals surface area (Å²) in [6.45, 7) is 2.46. The second-order valence-corrected chi connectivity index (χ2v) is 8.30. The third kappa shape index (κ3) is 3.34. The summed E-state index contributed by atoms with van der Waals surface area (Å²) < 4.78 is 0. The van der Waals surface area contributed by atoms with Gasteiger partial charge in [-0.1, -0.05) is 6.07 Å². The van der Waals surface area contributed by atoms with Gasteiger partial charge >= 0.3 is 0 Å². The van der Waals surface area contributed by atoms with Crippen molar-refractivity contribution in [3.05, 3.63) is 36.2 Å². The van der Waals surface area contributed by atoms with Crippen LogP contribution in [0.15, 0.2) is 30.5 Å². The maximum Gasteiger partial charge on any atom is 0.271 e. The second-order valence-electron chi connectivity index (χ2n) is 8.30. The van der Waals surface area contributed by atoms with Crippen LogP contribution in [0, 0.1) is 17.8 Å². The number of fused-ring (bicyclic) bond motifs is 1. The number of carbonyl (C=O) groups excluding carboxylic acids is 3. The van der Waals surface area contributed by atoms with Crippen molar-refractivity contribution in [3.63, 3.8) is 0 Å². The molecule has 4 heterocycles. The van der Waals surface area contributed by atoms with Crippen LogP contribution in [0.5, 0.6) is 0 Å². The van der Waals surface area contributed by atoms with Gasteiger partial charge in [0, 0.05) is 38.3 Å². The number of piperazine rings is 1. The standard InChI is InChI=1S/C21H24N6O3/c28-19-12-27(8-6-23-19)20(29)14-9-13-4-7-26(11-15(13)14)21(30)18-10-17(24-25-18)16-3-1-2-5-22-16/h1-3,5,10,13-15H,4,6-9,11-12H2,(H,23,28)(H,24,25)/t13-,14-,15-/m1/s1. The molecule has 3 aliphatic rings. The van der Waals surface area contributed by atoms with Crippen LogP contribution in [0.4, 0.5) is 0 Å². The summed E-state index contributed by atoms with van der Waals surface area (Å²) in [4.78, 5) is 45.3. The molecule has 156 valence electrons. The largest absolute Gasteiger partial charge is 0.353 e. The Labute approximate surface area is 173 Å². The summed E-state index contributed by atoms with van der Waals surface area (Å²) in [5.41, 5.74) is 1.78. The monoisotopic (exact) mass is 408 g/mol. The van der Waals surface area contributed by atoms with Crippen molar-refractivity contribution in [2.45, 2.75) is 12.8 Å². The average Bonchev–Trinajstić information content (AvgIpc) is 3.25. The Balaban J connectivity index is 1.25. The highest BCUT2D eigenvalue weighted by Crippen LogP contribution is 2.46. The summed E-state index contributed by atoms with van der Waals surface area (Å²) in [6, 6.07) is 7.29. The van der Waals surface area contributed by atoms with Gasteiger partial charge in [-0.2, -0.15) is 5.10 Å². The number of aromatic nitrogens is 3. The van der Waals surface area contributed by atoms with E-state index in [4.69, 9.17) is 0 Å². The van der Waals surface area contributed by atoms with E-state index in [2.05, 4.69) is 20.5 Å². The predicted molar refractivity (Wildman–Crippen MR) is 107 cm³/mol. The summed E-state index contributed by atoms with van der Waals surface area (Å²) in [6.07, 6.45) is 3.45. The van der Waals surface area contributed by atoms with Gasteiger partial charge in [-0.15, -0.1) is 0 Å². The molecule has 2 saturated heterocycles. The first-order chi connectivity index (χ1) is 14.6. The molecule has 0 radical (unpaired) electrons. The highest BCUT2D eigenvalue weighted by atomic mass is 16.2. The number of hydrogen-bond donors (Lipinski definition) is 2. The lowest BCUT2D eigenvalue weighted by Gasteiger charge is -2.51. The van der Waals surface area contributed by atoms with Gasteiger partial charge < -0.3 is 15.1 Å². The van der Waals surface area contributed by atoms with Crippen molar-refractivity contribution in [1.29, 1.82) is 0 Å². The van der Waals surface area contributed by atoms with Gasteiger partial charge in [0.1, 0.15) is 11.4 Å². The SMILES string of the molecule is O=C1CN(C(=O)[C@@H]2C[C@H]3CCN(C(=O)c4cc(-c5ccccn5)n[nH]4)C[C@H]32)CCN1. The molecule has 5 rings (SSSR count). The van der Waals surface area contributed by atoms with Crippen LogP contribution in [0.2, 0.25) is 0 Å². The first-order valence-corrected chi connectivity index (χ1v) is 10.4. The van der Waals surface area contributed by atoms with Gasteiger partial charge in [-0.25, -0.2) is 0 Å². The van der Waals surface area contributed by atoms with Crippen molar-refractivity contribution in [2.75, 3.05) is 32.7 Å². The Hall–Kier alpha value is -3.23. The number of likely N-dealkylation sites (tertiary alicyclic amines) is 1. The maximum absolute atomic E-state index is 13.0. The number of amides is 3. The fourth-order valence-electron chi connectivity index (χ4n) is 4.86. The van der Waals surface area contributed by atoms with Gasteiger partial charge in [0.15, 0.2) is 0 Å². The highest BCUT2D eigenvalue weighted by Gasteiger charge is 2.49. The van der Waals surface area contributed by atoms with Crippen molar-refractivity contribution in [3.8, 4) is 11.4 Å². The molecule has 3 amide bonds. The van der Waals surface area contributed by atoms with E-state index in [0.717, 1.165) is 12.8 Å². The average molecular weight is 408 g/mol. The molecule has 1 saturated carbocycles. The lowest BCUT2D eigenvalue weighted by atomic mass is 9.61. The van der Waals surface area contributed by atoms with Crippen LogP contribution < -0.4 is 5.32 Å². The van der Waals surface area contributed by atoms with E-state index in [-0.39, 0.29) is 36.1 Å². The molecule has 30 heavy (non-hydrogen) atoms. The van der Waals surface area contributed by atoms with E-state index in [1.807, 2.05) is 23.1 Å². The van der Waals surface area contributed by atoms with Crippen LogP contribution in [0.1, 0.15) is 23.3 Å². The smallest absolute Gasteiger partial charge is 0.271 e. The molecule has 9 nitrogen and oxygen atoms in total. The molecule has 3 fully saturated rings. The van der Waals surface area contributed by atoms with Gasteiger partial charge in [0.05, 0.1) is 12.2 Å². The quantitative estimate of drug-likeness (QED) is 0.770. The number of aromatic amines is 1. The maximum atomic E-state index is 13.0. The molecule has 1 aliphatic carbocycles. The fourth-order valence-corrected chi connectivity index (χ4v) is 4.86. The minimum absolute atomic E-state index is 0.0550. The first kappa shape index (κ1) is 18.8. The number of nitrogens with zero attached hydrogens (tertiary/aromatic N) is 4. The molecule has 0 aromatic carbocycles. The van der Waals surface area contributed by atoms with Crippen molar-refractivity contribution in [2.24, 2.45) is 17.8 Å². The lowest BCUT2D eigenvalue weighted by Crippen LogP contribution is -2.59. The normalized spacial score (nSPS) is 25.9. The lowest BCUT2D eigenvalue weighted by molar-refractivity contribution is -0.151. The number of carbonyl (C=O) groups is 3. The number of rotatable bonds is 3. The third-order valence-electron chi connectivity index (χ3n) is 6.57. The van der Waals surface area contributed by atoms with E-state index in [1.54, 1.807) is 17.2 Å². The van der Waals surface area contributed by atoms with Gasteiger partial charge in [-0.05, 0) is 42.9 Å². The summed E-state index contributed by atoms with van der Waals surface area (Å²) >= 11 is 0. The van der Waals surface area contributed by atoms with E-state index >= 15 is 0 Å². The van der Waals surface area contributed by atoms with Crippen molar-refractivity contribution < 1.29 is 14.4 Å². The zero-order valence-electron chi connectivity index (χ0n) is 16.6. The summed E-state index contributed by atoms with van der Waals surface area (Å²) in [7, 11) is 0. The van der Waals surface area contributed by atoms with Gasteiger partial charge in [-0.3, -0.25) is 24.5 Å². The molecular weight excluding hydrogens is 384 g/mol. The number of piperidine rings is 1. The second kappa shape index (κ2) is 7.55. The minimum Gasteiger partial charge on any atom is -0.353 e. The number of nitrogens with one attached hydrogen (secondary N) is 2.